The predicted octanol–water partition coefficient (Wildman–Crippen LogP) is 3.35. The minimum Gasteiger partial charge on any atom is -0.258 e. The highest BCUT2D eigenvalue weighted by molar-refractivity contribution is 8.00. The Morgan fingerprint density at radius 3 is 2.05 bits per heavy atom. The molecule has 0 N–H and O–H groups in total. The minimum atomic E-state index is -3.71. The third kappa shape index (κ3) is 3.00. The molecule has 6 heteroatoms. The predicted molar refractivity (Wildman–Crippen MR) is 80.5 cm³/mol. The molecule has 2 rings (SSSR count). The van der Waals surface area contributed by atoms with Crippen molar-refractivity contribution in [2.75, 3.05) is 0 Å². The number of sulfone groups is 1. The monoisotopic (exact) mass is 303 g/mol. The summed E-state index contributed by atoms with van der Waals surface area (Å²) >= 11 is 0. The van der Waals surface area contributed by atoms with Crippen LogP contribution in [0.3, 0.4) is 0 Å². The van der Waals surface area contributed by atoms with E-state index in [2.05, 4.69) is 6.58 Å². The standard InChI is InChI=1S/C15H13NO4S/c1-11-3-9-15(10-4-11)21(19,20)12(2)13-5-7-14(8-6-13)16(17)18/h3-10H,2H2,1H3. The summed E-state index contributed by atoms with van der Waals surface area (Å²) in [5, 5.41) is 10.6. The Labute approximate surface area is 122 Å². The smallest absolute Gasteiger partial charge is 0.258 e. The lowest BCUT2D eigenvalue weighted by Crippen LogP contribution is -2.03. The number of nitro benzene ring substituents is 1. The molecular weight excluding hydrogens is 290 g/mol. The lowest BCUT2D eigenvalue weighted by Gasteiger charge is -2.08. The summed E-state index contributed by atoms with van der Waals surface area (Å²) in [6.07, 6.45) is 0. The number of aryl methyl sites for hydroxylation is 1. The summed E-state index contributed by atoms with van der Waals surface area (Å²) < 4.78 is 24.9. The molecule has 0 heterocycles. The van der Waals surface area contributed by atoms with Crippen molar-refractivity contribution in [3.63, 3.8) is 0 Å². The highest BCUT2D eigenvalue weighted by atomic mass is 32.2. The van der Waals surface area contributed by atoms with E-state index in [1.54, 1.807) is 12.1 Å². The Hall–Kier alpha value is -2.47. The van der Waals surface area contributed by atoms with Crippen LogP contribution in [-0.4, -0.2) is 13.3 Å². The average Bonchev–Trinajstić information content (AvgIpc) is 2.47. The summed E-state index contributed by atoms with van der Waals surface area (Å²) in [5.74, 6) is 0. The summed E-state index contributed by atoms with van der Waals surface area (Å²) in [6.45, 7) is 5.47. The maximum Gasteiger partial charge on any atom is 0.269 e. The third-order valence-electron chi connectivity index (χ3n) is 3.06. The Balaban J connectivity index is 2.38. The fourth-order valence-corrected chi connectivity index (χ4v) is 3.01. The Morgan fingerprint density at radius 2 is 1.57 bits per heavy atom. The second-order valence-electron chi connectivity index (χ2n) is 4.54. The third-order valence-corrected chi connectivity index (χ3v) is 4.83. The van der Waals surface area contributed by atoms with Crippen molar-refractivity contribution in [3.05, 3.63) is 76.4 Å². The van der Waals surface area contributed by atoms with E-state index in [1.807, 2.05) is 6.92 Å². The summed E-state index contributed by atoms with van der Waals surface area (Å²) in [4.78, 5) is 10.1. The van der Waals surface area contributed by atoms with Gasteiger partial charge in [0.1, 0.15) is 0 Å². The zero-order valence-electron chi connectivity index (χ0n) is 11.3. The van der Waals surface area contributed by atoms with E-state index in [4.69, 9.17) is 0 Å². The fourth-order valence-electron chi connectivity index (χ4n) is 1.78. The molecule has 0 atom stereocenters. The van der Waals surface area contributed by atoms with Gasteiger partial charge in [-0.2, -0.15) is 0 Å². The average molecular weight is 303 g/mol. The number of rotatable bonds is 4. The van der Waals surface area contributed by atoms with Crippen LogP contribution >= 0.6 is 0 Å². The van der Waals surface area contributed by atoms with Gasteiger partial charge in [-0.1, -0.05) is 24.3 Å². The first-order chi connectivity index (χ1) is 9.82. The highest BCUT2D eigenvalue weighted by Crippen LogP contribution is 2.27. The van der Waals surface area contributed by atoms with Gasteiger partial charge in [-0.25, -0.2) is 8.42 Å². The topological polar surface area (TPSA) is 77.3 Å². The molecule has 0 radical (unpaired) electrons. The number of hydrogen-bond acceptors (Lipinski definition) is 4. The van der Waals surface area contributed by atoms with Crippen molar-refractivity contribution in [2.24, 2.45) is 0 Å². The summed E-state index contributed by atoms with van der Waals surface area (Å²) in [6, 6.07) is 11.7. The second kappa shape index (κ2) is 5.49. The summed E-state index contributed by atoms with van der Waals surface area (Å²) in [5.41, 5.74) is 1.19. The lowest BCUT2D eigenvalue weighted by molar-refractivity contribution is -0.384. The molecular formula is C15H13NO4S. The van der Waals surface area contributed by atoms with Gasteiger partial charge in [0.05, 0.1) is 14.7 Å². The largest absolute Gasteiger partial charge is 0.269 e. The molecule has 0 saturated carbocycles. The SMILES string of the molecule is C=C(c1ccc([N+](=O)[O-])cc1)S(=O)(=O)c1ccc(C)cc1. The van der Waals surface area contributed by atoms with E-state index >= 15 is 0 Å². The number of non-ortho nitro benzene ring substituents is 1. The van der Waals surface area contributed by atoms with E-state index in [0.717, 1.165) is 5.56 Å². The number of nitro groups is 1. The van der Waals surface area contributed by atoms with Gasteiger partial charge in [0.2, 0.25) is 9.84 Å². The van der Waals surface area contributed by atoms with Crippen molar-refractivity contribution in [3.8, 4) is 0 Å². The highest BCUT2D eigenvalue weighted by Gasteiger charge is 2.20. The van der Waals surface area contributed by atoms with Crippen LogP contribution in [0.15, 0.2) is 60.0 Å². The minimum absolute atomic E-state index is 0.0822. The first-order valence-corrected chi connectivity index (χ1v) is 7.56. The van der Waals surface area contributed by atoms with Gasteiger partial charge in [-0.3, -0.25) is 10.1 Å². The molecule has 0 bridgehead atoms. The van der Waals surface area contributed by atoms with E-state index < -0.39 is 14.8 Å². The van der Waals surface area contributed by atoms with Crippen molar-refractivity contribution < 1.29 is 13.3 Å². The lowest BCUT2D eigenvalue weighted by atomic mass is 10.2. The van der Waals surface area contributed by atoms with Gasteiger partial charge in [-0.05, 0) is 36.8 Å². The van der Waals surface area contributed by atoms with Crippen molar-refractivity contribution in [1.29, 1.82) is 0 Å². The number of nitrogens with zero attached hydrogens (tertiary/aromatic N) is 1. The molecule has 21 heavy (non-hydrogen) atoms. The normalized spacial score (nSPS) is 11.1. The quantitative estimate of drug-likeness (QED) is 0.641. The van der Waals surface area contributed by atoms with Crippen LogP contribution in [-0.2, 0) is 9.84 Å². The molecule has 2 aromatic carbocycles. The van der Waals surface area contributed by atoms with Crippen LogP contribution < -0.4 is 0 Å². The molecule has 0 spiro atoms. The van der Waals surface area contributed by atoms with Gasteiger partial charge < -0.3 is 0 Å². The van der Waals surface area contributed by atoms with Crippen molar-refractivity contribution >= 4 is 20.4 Å². The molecule has 0 amide bonds. The van der Waals surface area contributed by atoms with Crippen LogP contribution in [0.25, 0.3) is 4.91 Å². The zero-order chi connectivity index (χ0) is 15.6. The number of benzene rings is 2. The Bertz CT molecular complexity index is 791. The van der Waals surface area contributed by atoms with E-state index in [1.165, 1.54) is 36.4 Å². The molecule has 0 fully saturated rings. The number of hydrogen-bond donors (Lipinski definition) is 0. The first kappa shape index (κ1) is 14.9. The zero-order valence-corrected chi connectivity index (χ0v) is 12.1. The Kier molecular flexibility index (Phi) is 3.90. The van der Waals surface area contributed by atoms with Crippen LogP contribution in [0.1, 0.15) is 11.1 Å². The molecule has 2 aromatic rings. The van der Waals surface area contributed by atoms with Gasteiger partial charge in [0, 0.05) is 12.1 Å². The molecule has 5 nitrogen and oxygen atoms in total. The van der Waals surface area contributed by atoms with Gasteiger partial charge >= 0.3 is 0 Å². The van der Waals surface area contributed by atoms with Gasteiger partial charge in [0.15, 0.2) is 0 Å². The molecule has 0 aromatic heterocycles. The summed E-state index contributed by atoms with van der Waals surface area (Å²) in [7, 11) is -3.71. The fraction of sp³-hybridized carbons (Fsp3) is 0.0667. The molecule has 0 aliphatic heterocycles. The molecule has 0 unspecified atom stereocenters. The van der Waals surface area contributed by atoms with Gasteiger partial charge in [0.25, 0.3) is 5.69 Å². The van der Waals surface area contributed by atoms with Crippen LogP contribution in [0, 0.1) is 17.0 Å². The molecule has 0 aliphatic carbocycles. The molecule has 0 saturated heterocycles. The maximum atomic E-state index is 12.4. The Morgan fingerprint density at radius 1 is 1.05 bits per heavy atom. The second-order valence-corrected chi connectivity index (χ2v) is 6.51. The van der Waals surface area contributed by atoms with Gasteiger partial charge in [-0.15, -0.1) is 0 Å². The first-order valence-electron chi connectivity index (χ1n) is 6.08. The maximum absolute atomic E-state index is 12.4. The van der Waals surface area contributed by atoms with Crippen LogP contribution in [0.2, 0.25) is 0 Å². The molecule has 0 aliphatic rings. The van der Waals surface area contributed by atoms with E-state index in [0.29, 0.717) is 5.56 Å². The van der Waals surface area contributed by atoms with E-state index in [9.17, 15) is 18.5 Å². The van der Waals surface area contributed by atoms with Crippen LogP contribution in [0.5, 0.6) is 0 Å². The van der Waals surface area contributed by atoms with Crippen molar-refractivity contribution in [1.82, 2.24) is 0 Å². The van der Waals surface area contributed by atoms with Crippen LogP contribution in [0.4, 0.5) is 5.69 Å². The van der Waals surface area contributed by atoms with Crippen molar-refractivity contribution in [2.45, 2.75) is 11.8 Å². The molecule has 108 valence electrons. The van der Waals surface area contributed by atoms with E-state index in [-0.39, 0.29) is 15.5 Å².